The van der Waals surface area contributed by atoms with Gasteiger partial charge in [-0.25, -0.2) is 0 Å². The lowest BCUT2D eigenvalue weighted by Crippen LogP contribution is -2.34. The predicted molar refractivity (Wildman–Crippen MR) is 219 cm³/mol. The van der Waals surface area contributed by atoms with E-state index >= 15 is 0 Å². The molecule has 1 amide bonds. The van der Waals surface area contributed by atoms with Crippen molar-refractivity contribution >= 4 is 22.8 Å². The fourth-order valence-electron chi connectivity index (χ4n) is 8.98. The van der Waals surface area contributed by atoms with Crippen LogP contribution in [0.25, 0.3) is 22.0 Å². The highest BCUT2D eigenvalue weighted by Gasteiger charge is 2.36. The van der Waals surface area contributed by atoms with Crippen molar-refractivity contribution in [3.63, 3.8) is 0 Å². The van der Waals surface area contributed by atoms with Crippen molar-refractivity contribution in [2.75, 3.05) is 0 Å². The number of carbonyl (C=O) groups excluding carboxylic acids is 2. The average Bonchev–Trinajstić information content (AvgIpc) is 3.87. The van der Waals surface area contributed by atoms with Gasteiger partial charge in [0.2, 0.25) is 5.91 Å². The summed E-state index contributed by atoms with van der Waals surface area (Å²) in [7, 11) is 0. The van der Waals surface area contributed by atoms with Crippen LogP contribution in [0.2, 0.25) is 0 Å². The second kappa shape index (κ2) is 16.2. The van der Waals surface area contributed by atoms with Gasteiger partial charge in [0.05, 0.1) is 5.92 Å². The Morgan fingerprint density at radius 2 is 1.51 bits per heavy atom. The number of hydrogen-bond donors (Lipinski definition) is 2. The van der Waals surface area contributed by atoms with Gasteiger partial charge in [0, 0.05) is 35.5 Å². The summed E-state index contributed by atoms with van der Waals surface area (Å²) in [5, 5.41) is 4.21. The Hall–Kier alpha value is -4.64. The van der Waals surface area contributed by atoms with Crippen molar-refractivity contribution in [2.24, 2.45) is 29.6 Å². The zero-order valence-electron chi connectivity index (χ0n) is 32.7. The van der Waals surface area contributed by atoms with Gasteiger partial charge < -0.3 is 15.0 Å². The number of hydrogen-bond acceptors (Lipinski definition) is 3. The topological polar surface area (TPSA) is 71.2 Å². The summed E-state index contributed by atoms with van der Waals surface area (Å²) in [5.41, 5.74) is 11.8. The lowest BCUT2D eigenvalue weighted by Gasteiger charge is -2.30. The summed E-state index contributed by atoms with van der Waals surface area (Å²) in [5.74, 6) is 1.33. The third-order valence-electron chi connectivity index (χ3n) is 12.5. The van der Waals surface area contributed by atoms with Gasteiger partial charge in [-0.2, -0.15) is 0 Å². The van der Waals surface area contributed by atoms with Gasteiger partial charge in [-0.3, -0.25) is 9.59 Å². The largest absolute Gasteiger partial charge is 0.424 e. The van der Waals surface area contributed by atoms with E-state index < -0.39 is 0 Å². The molecule has 4 aromatic rings. The van der Waals surface area contributed by atoms with Gasteiger partial charge in [-0.1, -0.05) is 118 Å². The van der Waals surface area contributed by atoms with Crippen LogP contribution >= 0.6 is 0 Å². The monoisotopic (exact) mass is 710 g/mol. The molecule has 1 heterocycles. The zero-order valence-corrected chi connectivity index (χ0v) is 32.7. The van der Waals surface area contributed by atoms with Gasteiger partial charge in [-0.05, 0) is 116 Å². The number of ether oxygens (including phenoxy) is 1. The van der Waals surface area contributed by atoms with Crippen LogP contribution in [0.4, 0.5) is 0 Å². The molecule has 5 heteroatoms. The van der Waals surface area contributed by atoms with Gasteiger partial charge in [-0.15, -0.1) is 0 Å². The molecule has 5 atom stereocenters. The van der Waals surface area contributed by atoms with Crippen LogP contribution in [0.5, 0.6) is 5.75 Å². The number of rotatable bonds is 15. The average molecular weight is 711 g/mol. The van der Waals surface area contributed by atoms with Gasteiger partial charge in [0.1, 0.15) is 0 Å². The van der Waals surface area contributed by atoms with E-state index in [2.05, 4.69) is 119 Å². The van der Waals surface area contributed by atoms with Crippen LogP contribution in [0.3, 0.4) is 0 Å². The van der Waals surface area contributed by atoms with E-state index in [9.17, 15) is 9.59 Å². The molecule has 0 saturated heterocycles. The summed E-state index contributed by atoms with van der Waals surface area (Å²) in [6.07, 6.45) is 7.66. The molecular formula is C48H58N2O3. The standard InChI is InChI=1S/C48H58N2O3/c1-28(2)43(48(52)53-45-27-49-44-23-21-29(3)34(8)47(44)45)26-32(6)36-19-14-20-37(36)33(7)30(4)25-31(5)35(9)50-46(51)24-22-42-40-17-12-10-15-38(40)39-16-11-13-18-41(39)42/h10-13,15-18,21,23,27-28,30,35-37,42-43,49H,5-7,14,19-20,22,24-26H2,1-4,8-9H3,(H,50,51). The van der Waals surface area contributed by atoms with Crippen molar-refractivity contribution < 1.29 is 14.3 Å². The second-order valence-electron chi connectivity index (χ2n) is 16.3. The lowest BCUT2D eigenvalue weighted by atomic mass is 9.75. The van der Waals surface area contributed by atoms with Crippen LogP contribution in [0.1, 0.15) is 101 Å². The normalized spacial score (nSPS) is 18.3. The molecule has 0 spiro atoms. The number of aromatic nitrogens is 1. The Morgan fingerprint density at radius 1 is 0.868 bits per heavy atom. The Kier molecular flexibility index (Phi) is 11.6. The van der Waals surface area contributed by atoms with Gasteiger partial charge in [0.15, 0.2) is 5.75 Å². The highest BCUT2D eigenvalue weighted by Crippen LogP contribution is 2.47. The molecule has 1 saturated carbocycles. The lowest BCUT2D eigenvalue weighted by molar-refractivity contribution is -0.140. The summed E-state index contributed by atoms with van der Waals surface area (Å²) in [6, 6.07) is 21.1. The molecule has 2 aliphatic carbocycles. The first-order chi connectivity index (χ1) is 25.3. The molecule has 2 N–H and O–H groups in total. The molecule has 1 fully saturated rings. The number of aromatic amines is 1. The van der Waals surface area contributed by atoms with Crippen molar-refractivity contribution in [1.82, 2.24) is 10.3 Å². The summed E-state index contributed by atoms with van der Waals surface area (Å²) < 4.78 is 6.10. The first-order valence-electron chi connectivity index (χ1n) is 19.7. The molecule has 2 aliphatic rings. The molecule has 0 aliphatic heterocycles. The van der Waals surface area contributed by atoms with E-state index in [0.29, 0.717) is 24.5 Å². The number of esters is 1. The molecule has 278 valence electrons. The zero-order chi connectivity index (χ0) is 38.0. The van der Waals surface area contributed by atoms with E-state index in [1.165, 1.54) is 33.4 Å². The number of allylic oxidation sites excluding steroid dienone is 2. The molecule has 1 aromatic heterocycles. The molecule has 6 rings (SSSR count). The number of nitrogens with one attached hydrogen (secondary N) is 2. The van der Waals surface area contributed by atoms with Crippen LogP contribution in [-0.2, 0) is 9.59 Å². The fourth-order valence-corrected chi connectivity index (χ4v) is 8.98. The quantitative estimate of drug-likeness (QED) is 0.0953. The summed E-state index contributed by atoms with van der Waals surface area (Å²) in [6.45, 7) is 26.2. The summed E-state index contributed by atoms with van der Waals surface area (Å²) >= 11 is 0. The van der Waals surface area contributed by atoms with Crippen molar-refractivity contribution in [3.8, 4) is 16.9 Å². The number of amides is 1. The third kappa shape index (κ3) is 8.00. The van der Waals surface area contributed by atoms with E-state index in [1.54, 1.807) is 6.20 Å². The smallest absolute Gasteiger partial charge is 0.314 e. The number of aryl methyl sites for hydroxylation is 2. The minimum absolute atomic E-state index is 0.0623. The Labute approximate surface area is 317 Å². The highest BCUT2D eigenvalue weighted by atomic mass is 16.5. The van der Waals surface area contributed by atoms with Crippen LogP contribution in [0.15, 0.2) is 103 Å². The Morgan fingerprint density at radius 3 is 2.17 bits per heavy atom. The highest BCUT2D eigenvalue weighted by molar-refractivity contribution is 5.92. The molecular weight excluding hydrogens is 653 g/mol. The Bertz CT molecular complexity index is 1990. The van der Waals surface area contributed by atoms with E-state index in [1.807, 2.05) is 13.0 Å². The molecule has 5 nitrogen and oxygen atoms in total. The van der Waals surface area contributed by atoms with Crippen molar-refractivity contribution in [1.29, 1.82) is 0 Å². The maximum atomic E-state index is 13.7. The fraction of sp³-hybridized carbons (Fsp3) is 0.417. The second-order valence-corrected chi connectivity index (χ2v) is 16.3. The number of fused-ring (bicyclic) bond motifs is 4. The maximum Gasteiger partial charge on any atom is 0.314 e. The molecule has 3 aromatic carbocycles. The number of carbonyl (C=O) groups is 2. The molecule has 0 radical (unpaired) electrons. The van der Waals surface area contributed by atoms with E-state index in [4.69, 9.17) is 4.74 Å². The van der Waals surface area contributed by atoms with Crippen LogP contribution < -0.4 is 10.1 Å². The minimum Gasteiger partial charge on any atom is -0.424 e. The SMILES string of the molecule is C=C(CC(C)C(=C)C1CCCC1C(=C)CC(C(=O)Oc1c[nH]c2ccc(C)c(C)c12)C(C)C)C(C)NC(=O)CCC1c2ccccc2-c2ccccc21. The first kappa shape index (κ1) is 38.1. The number of H-pyrrole nitrogens is 1. The van der Waals surface area contributed by atoms with Crippen LogP contribution in [-0.4, -0.2) is 22.9 Å². The van der Waals surface area contributed by atoms with Gasteiger partial charge >= 0.3 is 5.97 Å². The predicted octanol–water partition coefficient (Wildman–Crippen LogP) is 11.6. The molecule has 53 heavy (non-hydrogen) atoms. The summed E-state index contributed by atoms with van der Waals surface area (Å²) in [4.78, 5) is 30.2. The van der Waals surface area contributed by atoms with Crippen LogP contribution in [0, 0.1) is 43.4 Å². The Balaban J connectivity index is 1.01. The van der Waals surface area contributed by atoms with E-state index in [0.717, 1.165) is 59.7 Å². The minimum atomic E-state index is -0.285. The number of benzene rings is 3. The first-order valence-corrected chi connectivity index (χ1v) is 19.7. The van der Waals surface area contributed by atoms with Crippen molar-refractivity contribution in [3.05, 3.63) is 126 Å². The maximum absolute atomic E-state index is 13.7. The molecule has 5 unspecified atom stereocenters. The molecule has 0 bridgehead atoms. The van der Waals surface area contributed by atoms with E-state index in [-0.39, 0.29) is 47.5 Å². The van der Waals surface area contributed by atoms with Crippen molar-refractivity contribution in [2.45, 2.75) is 98.4 Å². The van der Waals surface area contributed by atoms with Gasteiger partial charge in [0.25, 0.3) is 0 Å². The third-order valence-corrected chi connectivity index (χ3v) is 12.5.